The molecular formula is C17H33NOS. The Labute approximate surface area is 129 Å². The monoisotopic (exact) mass is 299 g/mol. The fourth-order valence-corrected chi connectivity index (χ4v) is 4.82. The summed E-state index contributed by atoms with van der Waals surface area (Å²) in [4.78, 5) is 0. The second-order valence-corrected chi connectivity index (χ2v) is 7.79. The normalized spacial score (nSPS) is 25.4. The van der Waals surface area contributed by atoms with Gasteiger partial charge in [0.1, 0.15) is 0 Å². The van der Waals surface area contributed by atoms with Crippen molar-refractivity contribution in [2.45, 2.75) is 88.5 Å². The first kappa shape index (κ1) is 16.6. The van der Waals surface area contributed by atoms with E-state index in [4.69, 9.17) is 4.74 Å². The van der Waals surface area contributed by atoms with Crippen molar-refractivity contribution in [3.63, 3.8) is 0 Å². The Kier molecular flexibility index (Phi) is 8.38. The Hall–Kier alpha value is 0.270. The number of rotatable bonds is 10. The summed E-state index contributed by atoms with van der Waals surface area (Å²) >= 11 is 2.23. The average molecular weight is 300 g/mol. The highest BCUT2D eigenvalue weighted by Gasteiger charge is 2.19. The van der Waals surface area contributed by atoms with Crippen LogP contribution in [0.1, 0.15) is 71.1 Å². The fourth-order valence-electron chi connectivity index (χ4n) is 3.36. The summed E-state index contributed by atoms with van der Waals surface area (Å²) in [6, 6.07) is 0.724. The highest BCUT2D eigenvalue weighted by atomic mass is 32.2. The van der Waals surface area contributed by atoms with E-state index in [2.05, 4.69) is 24.0 Å². The van der Waals surface area contributed by atoms with Gasteiger partial charge in [0, 0.05) is 23.7 Å². The van der Waals surface area contributed by atoms with Crippen molar-refractivity contribution in [2.24, 2.45) is 0 Å². The summed E-state index contributed by atoms with van der Waals surface area (Å²) in [5.74, 6) is 1.32. The smallest absolute Gasteiger partial charge is 0.0576 e. The van der Waals surface area contributed by atoms with Gasteiger partial charge in [-0.25, -0.2) is 0 Å². The minimum absolute atomic E-state index is 0.573. The van der Waals surface area contributed by atoms with Gasteiger partial charge in [-0.15, -0.1) is 0 Å². The van der Waals surface area contributed by atoms with Crippen molar-refractivity contribution in [1.29, 1.82) is 0 Å². The molecule has 20 heavy (non-hydrogen) atoms. The van der Waals surface area contributed by atoms with E-state index >= 15 is 0 Å². The molecule has 1 aliphatic carbocycles. The Morgan fingerprint density at radius 3 is 2.75 bits per heavy atom. The molecule has 0 amide bonds. The van der Waals surface area contributed by atoms with Crippen molar-refractivity contribution in [1.82, 2.24) is 5.32 Å². The minimum Gasteiger partial charge on any atom is -0.378 e. The van der Waals surface area contributed by atoms with Gasteiger partial charge < -0.3 is 10.1 Å². The second kappa shape index (κ2) is 10.1. The lowest BCUT2D eigenvalue weighted by atomic mass is 10.1. The lowest BCUT2D eigenvalue weighted by Crippen LogP contribution is -2.32. The zero-order valence-corrected chi connectivity index (χ0v) is 14.1. The van der Waals surface area contributed by atoms with Crippen LogP contribution in [0.3, 0.4) is 0 Å². The van der Waals surface area contributed by atoms with E-state index < -0.39 is 0 Å². The van der Waals surface area contributed by atoms with Crippen LogP contribution in [0.15, 0.2) is 0 Å². The molecule has 1 heterocycles. The van der Waals surface area contributed by atoms with Crippen LogP contribution in [0.5, 0.6) is 0 Å². The van der Waals surface area contributed by atoms with E-state index in [1.807, 2.05) is 0 Å². The van der Waals surface area contributed by atoms with E-state index in [0.717, 1.165) is 17.9 Å². The number of hydrogen-bond donors (Lipinski definition) is 1. The predicted molar refractivity (Wildman–Crippen MR) is 89.6 cm³/mol. The van der Waals surface area contributed by atoms with Crippen molar-refractivity contribution in [3.8, 4) is 0 Å². The third-order valence-corrected chi connectivity index (χ3v) is 6.16. The molecule has 0 spiro atoms. The summed E-state index contributed by atoms with van der Waals surface area (Å²) in [7, 11) is 0. The van der Waals surface area contributed by atoms with Crippen LogP contribution in [0, 0.1) is 0 Å². The van der Waals surface area contributed by atoms with Gasteiger partial charge in [-0.1, -0.05) is 19.8 Å². The molecule has 2 unspecified atom stereocenters. The van der Waals surface area contributed by atoms with E-state index in [1.54, 1.807) is 0 Å². The summed E-state index contributed by atoms with van der Waals surface area (Å²) in [6.45, 7) is 4.44. The summed E-state index contributed by atoms with van der Waals surface area (Å²) < 4.78 is 5.73. The van der Waals surface area contributed by atoms with E-state index in [0.29, 0.717) is 6.10 Å². The molecule has 2 atom stereocenters. The summed E-state index contributed by atoms with van der Waals surface area (Å²) in [5, 5.41) is 4.71. The van der Waals surface area contributed by atoms with Crippen LogP contribution in [0.25, 0.3) is 0 Å². The van der Waals surface area contributed by atoms with Crippen molar-refractivity contribution >= 4 is 11.8 Å². The molecule has 2 nitrogen and oxygen atoms in total. The van der Waals surface area contributed by atoms with Crippen LogP contribution in [-0.4, -0.2) is 36.3 Å². The van der Waals surface area contributed by atoms with Gasteiger partial charge in [0.15, 0.2) is 0 Å². The van der Waals surface area contributed by atoms with Crippen LogP contribution in [0.2, 0.25) is 0 Å². The second-order valence-electron chi connectivity index (χ2n) is 6.46. The maximum Gasteiger partial charge on any atom is 0.0576 e. The van der Waals surface area contributed by atoms with Gasteiger partial charge in [-0.3, -0.25) is 0 Å². The fraction of sp³-hybridized carbons (Fsp3) is 1.00. The number of nitrogens with one attached hydrogen (secondary N) is 1. The van der Waals surface area contributed by atoms with Crippen molar-refractivity contribution in [3.05, 3.63) is 0 Å². The molecule has 2 rings (SSSR count). The zero-order chi connectivity index (χ0) is 14.0. The number of thioether (sulfide) groups is 1. The molecule has 1 saturated carbocycles. The molecule has 2 aliphatic rings. The Balaban J connectivity index is 1.59. The van der Waals surface area contributed by atoms with Gasteiger partial charge in [0.25, 0.3) is 0 Å². The molecule has 0 bridgehead atoms. The summed E-state index contributed by atoms with van der Waals surface area (Å²) in [5.41, 5.74) is 0. The Bertz CT molecular complexity index is 237. The molecule has 0 aromatic carbocycles. The van der Waals surface area contributed by atoms with Crippen LogP contribution >= 0.6 is 11.8 Å². The van der Waals surface area contributed by atoms with E-state index in [9.17, 15) is 0 Å². The molecule has 118 valence electrons. The number of ether oxygens (including phenoxy) is 1. The van der Waals surface area contributed by atoms with E-state index in [-0.39, 0.29) is 0 Å². The largest absolute Gasteiger partial charge is 0.378 e. The molecule has 1 saturated heterocycles. The molecule has 1 aliphatic heterocycles. The van der Waals surface area contributed by atoms with Gasteiger partial charge in [0.2, 0.25) is 0 Å². The lowest BCUT2D eigenvalue weighted by Gasteiger charge is -2.21. The number of hydrogen-bond acceptors (Lipinski definition) is 3. The summed E-state index contributed by atoms with van der Waals surface area (Å²) in [6.07, 6.45) is 14.2. The minimum atomic E-state index is 0.573. The molecule has 3 heteroatoms. The van der Waals surface area contributed by atoms with Crippen molar-refractivity contribution < 1.29 is 4.74 Å². The van der Waals surface area contributed by atoms with Gasteiger partial charge in [0.05, 0.1) is 6.10 Å². The van der Waals surface area contributed by atoms with E-state index in [1.165, 1.54) is 76.5 Å². The van der Waals surface area contributed by atoms with Crippen molar-refractivity contribution in [2.75, 3.05) is 18.9 Å². The predicted octanol–water partition coefficient (Wildman–Crippen LogP) is 4.38. The molecule has 2 fully saturated rings. The Morgan fingerprint density at radius 2 is 2.05 bits per heavy atom. The first-order chi connectivity index (χ1) is 9.88. The standard InChI is InChI=1S/C17H33NOS/c1-2-12-18-15(14-20-17-10-3-4-11-17)7-5-8-16-9-6-13-19-16/h15-18H,2-14H2,1H3. The zero-order valence-electron chi connectivity index (χ0n) is 13.2. The maximum atomic E-state index is 5.73. The molecule has 1 N–H and O–H groups in total. The van der Waals surface area contributed by atoms with Gasteiger partial charge in [-0.2, -0.15) is 11.8 Å². The quantitative estimate of drug-likeness (QED) is 0.647. The first-order valence-electron chi connectivity index (χ1n) is 8.85. The molecule has 0 aromatic rings. The SMILES string of the molecule is CCCNC(CCCC1CCCO1)CSC1CCCC1. The lowest BCUT2D eigenvalue weighted by molar-refractivity contribution is 0.101. The van der Waals surface area contributed by atoms with Crippen LogP contribution in [-0.2, 0) is 4.74 Å². The van der Waals surface area contributed by atoms with Gasteiger partial charge >= 0.3 is 0 Å². The first-order valence-corrected chi connectivity index (χ1v) is 9.90. The third-order valence-electron chi connectivity index (χ3n) is 4.62. The highest BCUT2D eigenvalue weighted by molar-refractivity contribution is 7.99. The molecule has 0 radical (unpaired) electrons. The third kappa shape index (κ3) is 6.36. The van der Waals surface area contributed by atoms with Gasteiger partial charge in [-0.05, 0) is 57.9 Å². The average Bonchev–Trinajstić information content (AvgIpc) is 3.14. The van der Waals surface area contributed by atoms with Crippen LogP contribution < -0.4 is 5.32 Å². The topological polar surface area (TPSA) is 21.3 Å². The highest BCUT2D eigenvalue weighted by Crippen LogP contribution is 2.30. The molecule has 0 aromatic heterocycles. The molecular weight excluding hydrogens is 266 g/mol. The Morgan fingerprint density at radius 1 is 1.20 bits per heavy atom. The maximum absolute atomic E-state index is 5.73. The van der Waals surface area contributed by atoms with Crippen LogP contribution in [0.4, 0.5) is 0 Å².